The maximum Gasteiger partial charge on any atom is 0.142 e. The molecule has 0 amide bonds. The normalized spacial score (nSPS) is 22.2. The minimum absolute atomic E-state index is 0.000162. The number of aromatic nitrogens is 2. The molecule has 0 radical (unpaired) electrons. The van der Waals surface area contributed by atoms with E-state index >= 15 is 0 Å². The predicted molar refractivity (Wildman–Crippen MR) is 80.6 cm³/mol. The topological polar surface area (TPSA) is 47.0 Å². The van der Waals surface area contributed by atoms with Gasteiger partial charge in [-0.15, -0.1) is 11.3 Å². The predicted octanol–water partition coefficient (Wildman–Crippen LogP) is 2.86. The van der Waals surface area contributed by atoms with Gasteiger partial charge in [-0.2, -0.15) is 0 Å². The third kappa shape index (κ3) is 3.23. The smallest absolute Gasteiger partial charge is 0.142 e. The molecule has 0 saturated carbocycles. The van der Waals surface area contributed by atoms with Crippen molar-refractivity contribution in [3.05, 3.63) is 35.5 Å². The standard InChI is InChI=1S/C15H19N3OS/c1-15(6-4-8-19-15)11-16-9-12-10-20-14(18-12)13-5-2-3-7-17-13/h2-3,5,7,10,16H,4,6,8-9,11H2,1H3. The van der Waals surface area contributed by atoms with Crippen molar-refractivity contribution in [2.45, 2.75) is 31.9 Å². The molecule has 20 heavy (non-hydrogen) atoms. The number of nitrogens with one attached hydrogen (secondary N) is 1. The second kappa shape index (κ2) is 5.99. The molecule has 2 aromatic heterocycles. The summed E-state index contributed by atoms with van der Waals surface area (Å²) in [5.41, 5.74) is 2.01. The highest BCUT2D eigenvalue weighted by molar-refractivity contribution is 7.13. The summed E-state index contributed by atoms with van der Waals surface area (Å²) in [6.45, 7) is 4.72. The Hall–Kier alpha value is -1.30. The number of pyridine rings is 1. The van der Waals surface area contributed by atoms with Crippen LogP contribution in [-0.4, -0.2) is 28.7 Å². The van der Waals surface area contributed by atoms with Crippen LogP contribution in [0.1, 0.15) is 25.5 Å². The Balaban J connectivity index is 1.55. The van der Waals surface area contributed by atoms with Crippen LogP contribution in [0.4, 0.5) is 0 Å². The maximum atomic E-state index is 5.76. The first-order valence-electron chi connectivity index (χ1n) is 6.96. The van der Waals surface area contributed by atoms with E-state index < -0.39 is 0 Å². The van der Waals surface area contributed by atoms with Gasteiger partial charge in [0.2, 0.25) is 0 Å². The van der Waals surface area contributed by atoms with E-state index in [0.29, 0.717) is 0 Å². The molecule has 1 saturated heterocycles. The fraction of sp³-hybridized carbons (Fsp3) is 0.467. The van der Waals surface area contributed by atoms with Gasteiger partial charge >= 0.3 is 0 Å². The van der Waals surface area contributed by atoms with E-state index in [9.17, 15) is 0 Å². The average Bonchev–Trinajstić information content (AvgIpc) is 3.10. The number of thiazole rings is 1. The Labute approximate surface area is 123 Å². The van der Waals surface area contributed by atoms with Crippen LogP contribution in [0.3, 0.4) is 0 Å². The van der Waals surface area contributed by atoms with Crippen LogP contribution >= 0.6 is 11.3 Å². The van der Waals surface area contributed by atoms with Gasteiger partial charge in [0.05, 0.1) is 17.0 Å². The molecule has 2 aromatic rings. The zero-order valence-corrected chi connectivity index (χ0v) is 12.4. The molecule has 3 rings (SSSR count). The van der Waals surface area contributed by atoms with Crippen LogP contribution in [0.5, 0.6) is 0 Å². The molecule has 1 atom stereocenters. The Morgan fingerprint density at radius 2 is 2.40 bits per heavy atom. The van der Waals surface area contributed by atoms with Crippen molar-refractivity contribution in [2.75, 3.05) is 13.2 Å². The lowest BCUT2D eigenvalue weighted by Gasteiger charge is -2.23. The van der Waals surface area contributed by atoms with Gasteiger partial charge < -0.3 is 10.1 Å². The van der Waals surface area contributed by atoms with Gasteiger partial charge in [-0.25, -0.2) is 4.98 Å². The molecule has 4 nitrogen and oxygen atoms in total. The van der Waals surface area contributed by atoms with Crippen LogP contribution < -0.4 is 5.32 Å². The van der Waals surface area contributed by atoms with E-state index in [2.05, 4.69) is 27.6 Å². The van der Waals surface area contributed by atoms with E-state index in [4.69, 9.17) is 4.74 Å². The highest BCUT2D eigenvalue weighted by Gasteiger charge is 2.29. The molecule has 0 aliphatic carbocycles. The quantitative estimate of drug-likeness (QED) is 0.919. The van der Waals surface area contributed by atoms with Crippen LogP contribution in [0.2, 0.25) is 0 Å². The molecule has 1 aliphatic rings. The zero-order chi connectivity index (χ0) is 13.8. The molecule has 0 spiro atoms. The van der Waals surface area contributed by atoms with Crippen LogP contribution in [-0.2, 0) is 11.3 Å². The fourth-order valence-corrected chi connectivity index (χ4v) is 3.22. The molecule has 0 bridgehead atoms. The third-order valence-electron chi connectivity index (χ3n) is 3.54. The van der Waals surface area contributed by atoms with Gasteiger partial charge in [-0.05, 0) is 31.9 Å². The lowest BCUT2D eigenvalue weighted by atomic mass is 10.0. The minimum Gasteiger partial charge on any atom is -0.374 e. The number of hydrogen-bond acceptors (Lipinski definition) is 5. The number of ether oxygens (including phenoxy) is 1. The molecule has 1 N–H and O–H groups in total. The van der Waals surface area contributed by atoms with Gasteiger partial charge in [0.1, 0.15) is 5.01 Å². The van der Waals surface area contributed by atoms with Gasteiger partial charge in [-0.3, -0.25) is 4.98 Å². The largest absolute Gasteiger partial charge is 0.374 e. The van der Waals surface area contributed by atoms with E-state index in [0.717, 1.165) is 42.5 Å². The van der Waals surface area contributed by atoms with Crippen LogP contribution in [0.25, 0.3) is 10.7 Å². The van der Waals surface area contributed by atoms with Crippen molar-refractivity contribution in [2.24, 2.45) is 0 Å². The Bertz CT molecular complexity index is 549. The molecule has 0 aromatic carbocycles. The summed E-state index contributed by atoms with van der Waals surface area (Å²) in [7, 11) is 0. The summed E-state index contributed by atoms with van der Waals surface area (Å²) < 4.78 is 5.76. The first kappa shape index (κ1) is 13.7. The second-order valence-electron chi connectivity index (χ2n) is 5.36. The molecule has 1 aliphatic heterocycles. The third-order valence-corrected chi connectivity index (χ3v) is 4.45. The molecular formula is C15H19N3OS. The summed E-state index contributed by atoms with van der Waals surface area (Å²) in [6, 6.07) is 5.89. The Morgan fingerprint density at radius 1 is 1.45 bits per heavy atom. The van der Waals surface area contributed by atoms with Crippen molar-refractivity contribution in [3.8, 4) is 10.7 Å². The summed E-state index contributed by atoms with van der Waals surface area (Å²) in [6.07, 6.45) is 4.10. The summed E-state index contributed by atoms with van der Waals surface area (Å²) in [4.78, 5) is 8.94. The lowest BCUT2D eigenvalue weighted by molar-refractivity contribution is 0.0206. The van der Waals surface area contributed by atoms with Gasteiger partial charge in [0, 0.05) is 31.3 Å². The van der Waals surface area contributed by atoms with Crippen molar-refractivity contribution in [1.29, 1.82) is 0 Å². The van der Waals surface area contributed by atoms with Crippen molar-refractivity contribution >= 4 is 11.3 Å². The van der Waals surface area contributed by atoms with Crippen LogP contribution in [0, 0.1) is 0 Å². The van der Waals surface area contributed by atoms with Crippen molar-refractivity contribution < 1.29 is 4.74 Å². The minimum atomic E-state index is -0.000162. The van der Waals surface area contributed by atoms with E-state index in [-0.39, 0.29) is 5.60 Å². The van der Waals surface area contributed by atoms with E-state index in [1.54, 1.807) is 17.5 Å². The molecule has 3 heterocycles. The lowest BCUT2D eigenvalue weighted by Crippen LogP contribution is -2.36. The maximum absolute atomic E-state index is 5.76. The Kier molecular flexibility index (Phi) is 4.10. The van der Waals surface area contributed by atoms with E-state index in [1.165, 1.54) is 6.42 Å². The average molecular weight is 289 g/mol. The molecule has 1 fully saturated rings. The number of nitrogens with zero attached hydrogens (tertiary/aromatic N) is 2. The number of rotatable bonds is 5. The van der Waals surface area contributed by atoms with Gasteiger partial charge in [0.25, 0.3) is 0 Å². The van der Waals surface area contributed by atoms with Gasteiger partial charge in [0.15, 0.2) is 0 Å². The van der Waals surface area contributed by atoms with Gasteiger partial charge in [-0.1, -0.05) is 6.07 Å². The van der Waals surface area contributed by atoms with E-state index in [1.807, 2.05) is 18.2 Å². The van der Waals surface area contributed by atoms with Crippen molar-refractivity contribution in [1.82, 2.24) is 15.3 Å². The monoisotopic (exact) mass is 289 g/mol. The van der Waals surface area contributed by atoms with Crippen molar-refractivity contribution in [3.63, 3.8) is 0 Å². The Morgan fingerprint density at radius 3 is 3.15 bits per heavy atom. The molecular weight excluding hydrogens is 270 g/mol. The summed E-state index contributed by atoms with van der Waals surface area (Å²) in [5, 5.41) is 6.52. The van der Waals surface area contributed by atoms with Crippen LogP contribution in [0.15, 0.2) is 29.8 Å². The fourth-order valence-electron chi connectivity index (χ4n) is 2.43. The SMILES string of the molecule is CC1(CNCc2csc(-c3ccccn3)n2)CCCO1. The number of hydrogen-bond donors (Lipinski definition) is 1. The first-order chi connectivity index (χ1) is 9.75. The highest BCUT2D eigenvalue weighted by Crippen LogP contribution is 2.24. The summed E-state index contributed by atoms with van der Waals surface area (Å²) in [5.74, 6) is 0. The summed E-state index contributed by atoms with van der Waals surface area (Å²) >= 11 is 1.64. The molecule has 1 unspecified atom stereocenters. The molecule has 106 valence electrons. The first-order valence-corrected chi connectivity index (χ1v) is 7.84. The highest BCUT2D eigenvalue weighted by atomic mass is 32.1. The second-order valence-corrected chi connectivity index (χ2v) is 6.22. The molecule has 5 heteroatoms. The zero-order valence-electron chi connectivity index (χ0n) is 11.6.